The summed E-state index contributed by atoms with van der Waals surface area (Å²) in [5.41, 5.74) is 0.840. The molecular formula is C16H23NO5. The molecule has 2 N–H and O–H groups in total. The second-order valence-corrected chi connectivity index (χ2v) is 5.73. The van der Waals surface area contributed by atoms with Crippen LogP contribution in [0.3, 0.4) is 0 Å². The van der Waals surface area contributed by atoms with E-state index >= 15 is 0 Å². The van der Waals surface area contributed by atoms with Crippen molar-refractivity contribution in [1.29, 1.82) is 0 Å². The van der Waals surface area contributed by atoms with E-state index in [-0.39, 0.29) is 19.4 Å². The Morgan fingerprint density at radius 2 is 2.00 bits per heavy atom. The van der Waals surface area contributed by atoms with Gasteiger partial charge in [0, 0.05) is 6.61 Å². The van der Waals surface area contributed by atoms with Crippen molar-refractivity contribution in [3.63, 3.8) is 0 Å². The summed E-state index contributed by atoms with van der Waals surface area (Å²) >= 11 is 0. The minimum atomic E-state index is -0.969. The lowest BCUT2D eigenvalue weighted by Gasteiger charge is -2.40. The van der Waals surface area contributed by atoms with Crippen LogP contribution in [0.5, 0.6) is 0 Å². The van der Waals surface area contributed by atoms with Crippen molar-refractivity contribution >= 4 is 5.69 Å². The van der Waals surface area contributed by atoms with Gasteiger partial charge in [0.05, 0.1) is 18.8 Å². The Kier molecular flexibility index (Phi) is 5.28. The maximum absolute atomic E-state index is 10.1. The number of nitrogens with zero attached hydrogens (tertiary/aromatic N) is 1. The van der Waals surface area contributed by atoms with Crippen LogP contribution in [-0.2, 0) is 14.3 Å². The van der Waals surface area contributed by atoms with Crippen LogP contribution in [0.2, 0.25) is 0 Å². The molecule has 1 unspecified atom stereocenters. The molecule has 0 aromatic heterocycles. The molecule has 0 bridgehead atoms. The predicted octanol–water partition coefficient (Wildman–Crippen LogP) is 1.07. The normalized spacial score (nSPS) is 32.9. The maximum atomic E-state index is 10.1. The van der Waals surface area contributed by atoms with E-state index < -0.39 is 18.3 Å². The van der Waals surface area contributed by atoms with Gasteiger partial charge in [0.1, 0.15) is 18.3 Å². The smallest absolute Gasteiger partial charge is 0.157 e. The summed E-state index contributed by atoms with van der Waals surface area (Å²) in [7, 11) is 0. The number of hydroxylamine groups is 1. The molecule has 3 rings (SSSR count). The van der Waals surface area contributed by atoms with Crippen LogP contribution in [0.1, 0.15) is 19.3 Å². The molecule has 1 aromatic rings. The van der Waals surface area contributed by atoms with Crippen LogP contribution in [-0.4, -0.2) is 54.6 Å². The molecule has 0 radical (unpaired) electrons. The van der Waals surface area contributed by atoms with E-state index in [9.17, 15) is 10.2 Å². The highest BCUT2D eigenvalue weighted by Crippen LogP contribution is 2.23. The van der Waals surface area contributed by atoms with Crippen molar-refractivity contribution in [3.05, 3.63) is 30.3 Å². The van der Waals surface area contributed by atoms with Crippen molar-refractivity contribution in [2.24, 2.45) is 0 Å². The molecule has 2 heterocycles. The van der Waals surface area contributed by atoms with Crippen molar-refractivity contribution in [1.82, 2.24) is 0 Å². The zero-order valence-electron chi connectivity index (χ0n) is 12.5. The summed E-state index contributed by atoms with van der Waals surface area (Å²) in [6.07, 6.45) is 0.287. The summed E-state index contributed by atoms with van der Waals surface area (Å²) < 4.78 is 11.2. The molecule has 4 atom stereocenters. The summed E-state index contributed by atoms with van der Waals surface area (Å²) in [5.74, 6) is 0. The average Bonchev–Trinajstić information content (AvgIpc) is 2.58. The Hall–Kier alpha value is -1.18. The fourth-order valence-corrected chi connectivity index (χ4v) is 2.73. The number of para-hydroxylation sites is 1. The first-order valence-corrected chi connectivity index (χ1v) is 7.83. The largest absolute Gasteiger partial charge is 0.388 e. The van der Waals surface area contributed by atoms with E-state index in [1.54, 1.807) is 5.06 Å². The second-order valence-electron chi connectivity index (χ2n) is 5.73. The number of β-amino-alcohol motifs (C(OH)–C–C–N with tert-alkyl or cyclic N) is 1. The molecular weight excluding hydrogens is 286 g/mol. The molecule has 2 aliphatic rings. The molecule has 0 amide bonds. The standard InChI is InChI=1S/C16H23NO5/c18-13-10-17(12-6-2-1-3-7-12)22-14(16(13)19)11-21-15-8-4-5-9-20-15/h1-3,6-7,13-16,18-19H,4-5,8-11H2/t13-,14+,15?,16-/m0/s1. The quantitative estimate of drug-likeness (QED) is 0.867. The summed E-state index contributed by atoms with van der Waals surface area (Å²) in [6, 6.07) is 9.51. The molecule has 6 heteroatoms. The zero-order valence-corrected chi connectivity index (χ0v) is 12.5. The van der Waals surface area contributed by atoms with Gasteiger partial charge in [-0.3, -0.25) is 9.90 Å². The molecule has 0 saturated carbocycles. The summed E-state index contributed by atoms with van der Waals surface area (Å²) in [6.45, 7) is 1.12. The molecule has 2 saturated heterocycles. The topological polar surface area (TPSA) is 71.4 Å². The van der Waals surface area contributed by atoms with Gasteiger partial charge in [0.2, 0.25) is 0 Å². The molecule has 122 valence electrons. The van der Waals surface area contributed by atoms with Crippen LogP contribution in [0.25, 0.3) is 0 Å². The molecule has 6 nitrogen and oxygen atoms in total. The van der Waals surface area contributed by atoms with Crippen LogP contribution >= 0.6 is 0 Å². The fraction of sp³-hybridized carbons (Fsp3) is 0.625. The van der Waals surface area contributed by atoms with Gasteiger partial charge < -0.3 is 19.7 Å². The highest BCUT2D eigenvalue weighted by molar-refractivity contribution is 5.43. The first-order chi connectivity index (χ1) is 10.7. The van der Waals surface area contributed by atoms with E-state index in [0.29, 0.717) is 6.61 Å². The number of hydrogen-bond donors (Lipinski definition) is 2. The van der Waals surface area contributed by atoms with E-state index in [2.05, 4.69) is 0 Å². The molecule has 0 aliphatic carbocycles. The highest BCUT2D eigenvalue weighted by atomic mass is 16.7. The monoisotopic (exact) mass is 309 g/mol. The van der Waals surface area contributed by atoms with Crippen LogP contribution in [0, 0.1) is 0 Å². The molecule has 22 heavy (non-hydrogen) atoms. The minimum Gasteiger partial charge on any atom is -0.388 e. The van der Waals surface area contributed by atoms with E-state index in [4.69, 9.17) is 14.3 Å². The van der Waals surface area contributed by atoms with Gasteiger partial charge in [0.25, 0.3) is 0 Å². The van der Waals surface area contributed by atoms with E-state index in [1.165, 1.54) is 0 Å². The van der Waals surface area contributed by atoms with Crippen molar-refractivity contribution < 1.29 is 24.5 Å². The van der Waals surface area contributed by atoms with Crippen LogP contribution in [0.15, 0.2) is 30.3 Å². The van der Waals surface area contributed by atoms with Gasteiger partial charge in [-0.05, 0) is 31.4 Å². The SMILES string of the molecule is O[C@H]1[C@@H](O)CN(c2ccccc2)O[C@@H]1COC1CCCCO1. The number of aliphatic hydroxyl groups excluding tert-OH is 2. The first-order valence-electron chi connectivity index (χ1n) is 7.83. The van der Waals surface area contributed by atoms with Gasteiger partial charge in [-0.2, -0.15) is 0 Å². The van der Waals surface area contributed by atoms with E-state index in [1.807, 2.05) is 30.3 Å². The first kappa shape index (κ1) is 15.7. The number of rotatable bonds is 4. The fourth-order valence-electron chi connectivity index (χ4n) is 2.73. The average molecular weight is 309 g/mol. The van der Waals surface area contributed by atoms with Gasteiger partial charge in [-0.15, -0.1) is 0 Å². The molecule has 2 fully saturated rings. The lowest BCUT2D eigenvalue weighted by Crippen LogP contribution is -2.56. The Morgan fingerprint density at radius 3 is 2.73 bits per heavy atom. The van der Waals surface area contributed by atoms with Gasteiger partial charge in [0.15, 0.2) is 6.29 Å². The molecule has 0 spiro atoms. The van der Waals surface area contributed by atoms with Gasteiger partial charge in [-0.25, -0.2) is 0 Å². The maximum Gasteiger partial charge on any atom is 0.157 e. The minimum absolute atomic E-state index is 0.187. The zero-order chi connectivity index (χ0) is 15.4. The third-order valence-electron chi connectivity index (χ3n) is 4.02. The third kappa shape index (κ3) is 3.77. The van der Waals surface area contributed by atoms with Gasteiger partial charge >= 0.3 is 0 Å². The molecule has 1 aromatic carbocycles. The Morgan fingerprint density at radius 1 is 1.18 bits per heavy atom. The van der Waals surface area contributed by atoms with Crippen molar-refractivity contribution in [2.75, 3.05) is 24.8 Å². The lowest BCUT2D eigenvalue weighted by atomic mass is 10.1. The highest BCUT2D eigenvalue weighted by Gasteiger charge is 2.37. The summed E-state index contributed by atoms with van der Waals surface area (Å²) in [4.78, 5) is 5.79. The summed E-state index contributed by atoms with van der Waals surface area (Å²) in [5, 5.41) is 21.8. The third-order valence-corrected chi connectivity index (χ3v) is 4.02. The van der Waals surface area contributed by atoms with Gasteiger partial charge in [-0.1, -0.05) is 18.2 Å². The number of anilines is 1. The number of ether oxygens (including phenoxy) is 2. The lowest BCUT2D eigenvalue weighted by molar-refractivity contribution is -0.209. The number of aliphatic hydroxyl groups is 2. The Labute approximate surface area is 130 Å². The number of benzene rings is 1. The van der Waals surface area contributed by atoms with Crippen molar-refractivity contribution in [3.8, 4) is 0 Å². The van der Waals surface area contributed by atoms with Crippen molar-refractivity contribution in [2.45, 2.75) is 43.9 Å². The second kappa shape index (κ2) is 7.39. The van der Waals surface area contributed by atoms with E-state index in [0.717, 1.165) is 24.9 Å². The Bertz CT molecular complexity index is 451. The Balaban J connectivity index is 1.59. The molecule has 2 aliphatic heterocycles. The van der Waals surface area contributed by atoms with Crippen LogP contribution in [0.4, 0.5) is 5.69 Å². The predicted molar refractivity (Wildman–Crippen MR) is 80.2 cm³/mol. The van der Waals surface area contributed by atoms with Crippen LogP contribution < -0.4 is 5.06 Å². The number of hydrogen-bond acceptors (Lipinski definition) is 6.